The van der Waals surface area contributed by atoms with Crippen molar-refractivity contribution in [3.8, 4) is 5.75 Å². The zero-order valence-electron chi connectivity index (χ0n) is 19.7. The Balaban J connectivity index is 1.66. The molecule has 9 heteroatoms. The molecule has 0 aliphatic carbocycles. The molecule has 0 fully saturated rings. The van der Waals surface area contributed by atoms with E-state index in [0.717, 1.165) is 33.5 Å². The highest BCUT2D eigenvalue weighted by Gasteiger charge is 2.27. The van der Waals surface area contributed by atoms with Gasteiger partial charge in [0.15, 0.2) is 0 Å². The van der Waals surface area contributed by atoms with Gasteiger partial charge in [-0.25, -0.2) is 12.8 Å². The maximum atomic E-state index is 13.4. The van der Waals surface area contributed by atoms with Crippen LogP contribution < -0.4 is 14.4 Å². The molecule has 0 saturated heterocycles. The van der Waals surface area contributed by atoms with Crippen LogP contribution in [0.4, 0.5) is 10.1 Å². The number of hydrogen-bond acceptors (Lipinski definition) is 5. The number of ether oxygens (including phenoxy) is 1. The molecule has 0 saturated carbocycles. The van der Waals surface area contributed by atoms with Crippen LogP contribution in [-0.2, 0) is 14.8 Å². The molecule has 1 amide bonds. The minimum Gasteiger partial charge on any atom is -0.494 e. The average molecular weight is 517 g/mol. The van der Waals surface area contributed by atoms with Gasteiger partial charge in [0.25, 0.3) is 10.0 Å². The molecule has 0 aliphatic heterocycles. The number of aryl methyl sites for hydroxylation is 1. The second-order valence-electron chi connectivity index (χ2n) is 7.76. The third-order valence-corrected chi connectivity index (χ3v) is 7.94. The van der Waals surface area contributed by atoms with Gasteiger partial charge < -0.3 is 10.1 Å². The van der Waals surface area contributed by atoms with E-state index >= 15 is 0 Å². The molecule has 0 radical (unpaired) electrons. The van der Waals surface area contributed by atoms with Gasteiger partial charge in [0.2, 0.25) is 5.91 Å². The number of halogens is 1. The number of hydrogen-bond donors (Lipinski definition) is 1. The topological polar surface area (TPSA) is 75.7 Å². The van der Waals surface area contributed by atoms with Crippen LogP contribution in [-0.4, -0.2) is 39.8 Å². The molecule has 1 N–H and O–H groups in total. The molecule has 0 unspecified atom stereocenters. The maximum absolute atomic E-state index is 13.4. The number of nitrogens with one attached hydrogen (secondary N) is 1. The highest BCUT2D eigenvalue weighted by molar-refractivity contribution is 7.99. The Morgan fingerprint density at radius 1 is 1.00 bits per heavy atom. The minimum absolute atomic E-state index is 0.102. The number of benzene rings is 3. The number of sulfonamides is 1. The van der Waals surface area contributed by atoms with Gasteiger partial charge in [-0.1, -0.05) is 17.7 Å². The first-order chi connectivity index (χ1) is 16.8. The van der Waals surface area contributed by atoms with Crippen LogP contribution in [0.25, 0.3) is 0 Å². The van der Waals surface area contributed by atoms with Crippen molar-refractivity contribution in [3.63, 3.8) is 0 Å². The molecule has 35 heavy (non-hydrogen) atoms. The zero-order valence-corrected chi connectivity index (χ0v) is 21.4. The van der Waals surface area contributed by atoms with Crippen LogP contribution in [0.15, 0.2) is 82.6 Å². The number of thioether (sulfide) groups is 1. The molecular formula is C26H29FN2O4S2. The predicted octanol–water partition coefficient (Wildman–Crippen LogP) is 5.03. The van der Waals surface area contributed by atoms with Crippen molar-refractivity contribution in [2.24, 2.45) is 0 Å². The normalized spacial score (nSPS) is 11.2. The van der Waals surface area contributed by atoms with Crippen molar-refractivity contribution in [2.75, 3.05) is 29.8 Å². The Kier molecular flexibility index (Phi) is 9.56. The summed E-state index contributed by atoms with van der Waals surface area (Å²) in [6, 6.07) is 19.2. The van der Waals surface area contributed by atoms with Gasteiger partial charge >= 0.3 is 0 Å². The molecule has 6 nitrogen and oxygen atoms in total. The van der Waals surface area contributed by atoms with E-state index in [4.69, 9.17) is 4.74 Å². The van der Waals surface area contributed by atoms with Gasteiger partial charge in [0.1, 0.15) is 18.1 Å². The fraction of sp³-hybridized carbons (Fsp3) is 0.269. The summed E-state index contributed by atoms with van der Waals surface area (Å²) in [4.78, 5) is 13.7. The van der Waals surface area contributed by atoms with Crippen LogP contribution in [0, 0.1) is 12.7 Å². The summed E-state index contributed by atoms with van der Waals surface area (Å²) < 4.78 is 46.5. The van der Waals surface area contributed by atoms with Crippen molar-refractivity contribution in [1.29, 1.82) is 0 Å². The van der Waals surface area contributed by atoms with Gasteiger partial charge in [-0.15, -0.1) is 11.8 Å². The summed E-state index contributed by atoms with van der Waals surface area (Å²) in [5.74, 6) is 0.438. The molecule has 3 aromatic rings. The Labute approximate surface area is 210 Å². The van der Waals surface area contributed by atoms with Gasteiger partial charge in [-0.2, -0.15) is 0 Å². The highest BCUT2D eigenvalue weighted by atomic mass is 32.2. The number of amides is 1. The second kappa shape index (κ2) is 12.6. The number of carbonyl (C=O) groups is 1. The van der Waals surface area contributed by atoms with E-state index in [9.17, 15) is 17.6 Å². The summed E-state index contributed by atoms with van der Waals surface area (Å²) >= 11 is 1.70. The average Bonchev–Trinajstić information content (AvgIpc) is 2.84. The molecule has 0 atom stereocenters. The molecule has 3 rings (SSSR count). The number of anilines is 1. The molecule has 0 heterocycles. The summed E-state index contributed by atoms with van der Waals surface area (Å²) in [6.45, 7) is 4.38. The Morgan fingerprint density at radius 2 is 1.66 bits per heavy atom. The Morgan fingerprint density at radius 3 is 2.29 bits per heavy atom. The molecule has 0 aromatic heterocycles. The fourth-order valence-corrected chi connectivity index (χ4v) is 5.51. The van der Waals surface area contributed by atoms with Crippen LogP contribution in [0.5, 0.6) is 5.75 Å². The second-order valence-corrected chi connectivity index (χ2v) is 10.8. The lowest BCUT2D eigenvalue weighted by Crippen LogP contribution is -2.41. The first-order valence-electron chi connectivity index (χ1n) is 11.3. The largest absolute Gasteiger partial charge is 0.494 e. The van der Waals surface area contributed by atoms with E-state index in [2.05, 4.69) is 29.6 Å². The maximum Gasteiger partial charge on any atom is 0.264 e. The smallest absolute Gasteiger partial charge is 0.264 e. The van der Waals surface area contributed by atoms with E-state index in [1.165, 1.54) is 17.7 Å². The van der Waals surface area contributed by atoms with Gasteiger partial charge in [-0.05, 0) is 86.7 Å². The monoisotopic (exact) mass is 516 g/mol. The molecule has 0 bridgehead atoms. The van der Waals surface area contributed by atoms with Gasteiger partial charge in [0, 0.05) is 11.4 Å². The molecule has 0 aliphatic rings. The first kappa shape index (κ1) is 26.6. The lowest BCUT2D eigenvalue weighted by Gasteiger charge is -2.24. The van der Waals surface area contributed by atoms with Crippen molar-refractivity contribution < 1.29 is 22.3 Å². The standard InChI is InChI=1S/C26H29FN2O4S2/c1-3-33-23-11-9-22(10-12-23)29(35(31,32)25-15-7-21(27)8-16-25)19-26(30)28-17-4-18-34-24-13-5-20(2)6-14-24/h5-16H,3-4,17-19H2,1-2H3,(H,28,30). The summed E-state index contributed by atoms with van der Waals surface area (Å²) in [5.41, 5.74) is 1.51. The number of nitrogens with zero attached hydrogens (tertiary/aromatic N) is 1. The van der Waals surface area contributed by atoms with Crippen molar-refractivity contribution in [1.82, 2.24) is 5.32 Å². The molecule has 0 spiro atoms. The summed E-state index contributed by atoms with van der Waals surface area (Å²) in [5, 5.41) is 2.80. The third kappa shape index (κ3) is 7.73. The fourth-order valence-electron chi connectivity index (χ4n) is 3.23. The Hall–Kier alpha value is -3.04. The van der Waals surface area contributed by atoms with Crippen molar-refractivity contribution in [3.05, 3.63) is 84.2 Å². The zero-order chi connectivity index (χ0) is 25.3. The van der Waals surface area contributed by atoms with Crippen LogP contribution in [0.3, 0.4) is 0 Å². The van der Waals surface area contributed by atoms with Gasteiger partial charge in [-0.3, -0.25) is 9.10 Å². The lowest BCUT2D eigenvalue weighted by molar-refractivity contribution is -0.119. The summed E-state index contributed by atoms with van der Waals surface area (Å²) in [6.07, 6.45) is 0.734. The van der Waals surface area contributed by atoms with Crippen molar-refractivity contribution >= 4 is 33.4 Å². The summed E-state index contributed by atoms with van der Waals surface area (Å²) in [7, 11) is -4.11. The Bertz CT molecular complexity index is 1200. The molecular weight excluding hydrogens is 487 g/mol. The third-order valence-electron chi connectivity index (χ3n) is 5.06. The predicted molar refractivity (Wildman–Crippen MR) is 138 cm³/mol. The first-order valence-corrected chi connectivity index (χ1v) is 13.7. The van der Waals surface area contributed by atoms with Crippen LogP contribution in [0.2, 0.25) is 0 Å². The van der Waals surface area contributed by atoms with Crippen LogP contribution in [0.1, 0.15) is 18.9 Å². The van der Waals surface area contributed by atoms with E-state index in [1.54, 1.807) is 36.0 Å². The SMILES string of the molecule is CCOc1ccc(N(CC(=O)NCCCSc2ccc(C)cc2)S(=O)(=O)c2ccc(F)cc2)cc1. The van der Waals surface area contributed by atoms with Crippen LogP contribution >= 0.6 is 11.8 Å². The van der Waals surface area contributed by atoms with Crippen molar-refractivity contribution in [2.45, 2.75) is 30.1 Å². The van der Waals surface area contributed by atoms with E-state index in [0.29, 0.717) is 24.6 Å². The van der Waals surface area contributed by atoms with Gasteiger partial charge in [0.05, 0.1) is 17.2 Å². The number of carbonyl (C=O) groups excluding carboxylic acids is 1. The number of rotatable bonds is 12. The molecule has 186 valence electrons. The quantitative estimate of drug-likeness (QED) is 0.270. The van der Waals surface area contributed by atoms with E-state index in [1.807, 2.05) is 13.8 Å². The molecule has 3 aromatic carbocycles. The van der Waals surface area contributed by atoms with E-state index in [-0.39, 0.29) is 4.90 Å². The van der Waals surface area contributed by atoms with E-state index < -0.39 is 28.3 Å². The lowest BCUT2D eigenvalue weighted by atomic mass is 10.2. The minimum atomic E-state index is -4.11. The highest BCUT2D eigenvalue weighted by Crippen LogP contribution is 2.26.